The molecule has 1 saturated heterocycles. The summed E-state index contributed by atoms with van der Waals surface area (Å²) in [6, 6.07) is 27.7. The van der Waals surface area contributed by atoms with Crippen LogP contribution in [-0.2, 0) is 5.41 Å². The molecule has 6 rings (SSSR count). The van der Waals surface area contributed by atoms with E-state index in [1.807, 2.05) is 0 Å². The lowest BCUT2D eigenvalue weighted by molar-refractivity contribution is 0.227. The minimum absolute atomic E-state index is 0.188. The number of likely N-dealkylation sites (N-methyl/N-ethyl adjacent to an activating group) is 2. The molecule has 0 radical (unpaired) electrons. The summed E-state index contributed by atoms with van der Waals surface area (Å²) in [4.78, 5) is 4.79. The number of fused-ring (bicyclic) bond motifs is 1. The molecule has 0 amide bonds. The summed E-state index contributed by atoms with van der Waals surface area (Å²) < 4.78 is 11.7. The summed E-state index contributed by atoms with van der Waals surface area (Å²) in [5, 5.41) is 6.41. The van der Waals surface area contributed by atoms with Crippen molar-refractivity contribution < 1.29 is 0 Å². The van der Waals surface area contributed by atoms with Gasteiger partial charge in [0, 0.05) is 54.5 Å². The maximum absolute atomic E-state index is 5.74. The fraction of sp³-hybridized carbons (Fsp3) is 0.300. The number of nitrogens with zero attached hydrogens (tertiary/aromatic N) is 6. The first-order valence-corrected chi connectivity index (χ1v) is 15.6. The van der Waals surface area contributed by atoms with E-state index in [9.17, 15) is 0 Å². The molecule has 1 unspecified atom stereocenters. The third kappa shape index (κ3) is 4.08. The van der Waals surface area contributed by atoms with E-state index in [1.165, 1.54) is 22.3 Å². The van der Waals surface area contributed by atoms with E-state index in [1.54, 1.807) is 0 Å². The van der Waals surface area contributed by atoms with Crippen LogP contribution in [-0.4, -0.2) is 56.1 Å². The molecule has 1 atom stereocenters. The molecule has 0 N–H and O–H groups in total. The number of hydrogen-bond donors (Lipinski definition) is 0. The smallest absolute Gasteiger partial charge is 0.179 e. The summed E-state index contributed by atoms with van der Waals surface area (Å²) in [6.07, 6.45) is 2.11. The predicted octanol–water partition coefficient (Wildman–Crippen LogP) is 7.50. The third-order valence-electron chi connectivity index (χ3n) is 7.93. The van der Waals surface area contributed by atoms with Gasteiger partial charge in [0.05, 0.1) is 22.9 Å². The van der Waals surface area contributed by atoms with Gasteiger partial charge in [0.25, 0.3) is 0 Å². The fourth-order valence-electron chi connectivity index (χ4n) is 5.98. The molecule has 196 valence electrons. The molecule has 3 aromatic carbocycles. The molecule has 0 aromatic heterocycles. The van der Waals surface area contributed by atoms with Crippen LogP contribution in [0.25, 0.3) is 0 Å². The molecule has 1 fully saturated rings. The van der Waals surface area contributed by atoms with E-state index in [-0.39, 0.29) is 5.41 Å². The van der Waals surface area contributed by atoms with Crippen molar-refractivity contribution in [1.82, 2.24) is 9.57 Å². The zero-order valence-electron chi connectivity index (χ0n) is 22.4. The standard InChI is InChI=1S/C30H34BrN6P/c1-30(2)26-12-8-9-13-27(26)35(4)29(30)28-22-32-37(25-10-6-5-7-11-25)38(28,36-20-18-34(3)19-21-36)33-24-16-14-23(31)15-17-24/h5-17,22H,18-21H2,1-4H3. The molecular formula is C30H34BrN6P. The number of hydrogen-bond acceptors (Lipinski definition) is 4. The zero-order valence-corrected chi connectivity index (χ0v) is 24.9. The van der Waals surface area contributed by atoms with Crippen molar-refractivity contribution in [2.45, 2.75) is 19.3 Å². The van der Waals surface area contributed by atoms with E-state index < -0.39 is 7.36 Å². The second kappa shape index (κ2) is 9.80. The van der Waals surface area contributed by atoms with Crippen molar-refractivity contribution in [3.8, 4) is 0 Å². The SMILES string of the molecule is CN1CCN(P2(=Nc3ccc(Br)cc3)C(=C3N(C)c4ccccc4C3(C)C)C=NN2c2ccccc2)CC1. The van der Waals surface area contributed by atoms with E-state index in [4.69, 9.17) is 9.85 Å². The Balaban J connectivity index is 1.67. The molecule has 0 spiro atoms. The van der Waals surface area contributed by atoms with Gasteiger partial charge in [0.15, 0.2) is 7.36 Å². The average Bonchev–Trinajstić information content (AvgIpc) is 3.38. The lowest BCUT2D eigenvalue weighted by Gasteiger charge is -2.44. The van der Waals surface area contributed by atoms with Crippen LogP contribution in [0.1, 0.15) is 19.4 Å². The number of allylic oxidation sites excluding steroid dienone is 2. The van der Waals surface area contributed by atoms with Crippen molar-refractivity contribution in [3.63, 3.8) is 0 Å². The monoisotopic (exact) mass is 588 g/mol. The number of para-hydroxylation sites is 2. The third-order valence-corrected chi connectivity index (χ3v) is 12.0. The lowest BCUT2D eigenvalue weighted by Crippen LogP contribution is -2.44. The molecule has 3 heterocycles. The van der Waals surface area contributed by atoms with Crippen molar-refractivity contribution in [2.75, 3.05) is 50.0 Å². The number of anilines is 2. The summed E-state index contributed by atoms with van der Waals surface area (Å²) in [6.45, 7) is 8.56. The molecular weight excluding hydrogens is 555 g/mol. The van der Waals surface area contributed by atoms with Crippen LogP contribution >= 0.6 is 23.3 Å². The van der Waals surface area contributed by atoms with Gasteiger partial charge in [-0.1, -0.05) is 66.2 Å². The van der Waals surface area contributed by atoms with Gasteiger partial charge in [-0.15, -0.1) is 0 Å². The minimum atomic E-state index is -2.56. The summed E-state index contributed by atoms with van der Waals surface area (Å²) in [5.74, 6) is 0. The summed E-state index contributed by atoms with van der Waals surface area (Å²) in [7, 11) is 1.85. The second-order valence-corrected chi connectivity index (χ2v) is 14.4. The molecule has 0 aliphatic carbocycles. The van der Waals surface area contributed by atoms with Crippen LogP contribution in [0.4, 0.5) is 17.1 Å². The Morgan fingerprint density at radius 3 is 2.18 bits per heavy atom. The number of halogens is 1. The highest BCUT2D eigenvalue weighted by Gasteiger charge is 2.50. The fourth-order valence-corrected chi connectivity index (χ4v) is 10.1. The predicted molar refractivity (Wildman–Crippen MR) is 165 cm³/mol. The van der Waals surface area contributed by atoms with Gasteiger partial charge >= 0.3 is 0 Å². The van der Waals surface area contributed by atoms with Gasteiger partial charge in [-0.25, -0.2) is 14.2 Å². The maximum Gasteiger partial charge on any atom is 0.179 e. The number of hydrazone groups is 1. The van der Waals surface area contributed by atoms with Crippen molar-refractivity contribution in [2.24, 2.45) is 9.85 Å². The van der Waals surface area contributed by atoms with E-state index in [2.05, 4.69) is 148 Å². The topological polar surface area (TPSA) is 37.7 Å². The molecule has 6 nitrogen and oxygen atoms in total. The summed E-state index contributed by atoms with van der Waals surface area (Å²) >= 11 is 3.61. The molecule has 3 aliphatic rings. The Labute approximate surface area is 234 Å². The van der Waals surface area contributed by atoms with Crippen LogP contribution in [0.15, 0.2) is 104 Å². The van der Waals surface area contributed by atoms with Crippen LogP contribution in [0.2, 0.25) is 0 Å². The van der Waals surface area contributed by atoms with Crippen LogP contribution in [0.3, 0.4) is 0 Å². The van der Waals surface area contributed by atoms with Crippen molar-refractivity contribution in [3.05, 3.63) is 99.9 Å². The molecule has 0 bridgehead atoms. The van der Waals surface area contributed by atoms with Gasteiger partial charge < -0.3 is 9.80 Å². The van der Waals surface area contributed by atoms with Crippen LogP contribution in [0.5, 0.6) is 0 Å². The average molecular weight is 590 g/mol. The Hall–Kier alpha value is -2.70. The quantitative estimate of drug-likeness (QED) is 0.297. The normalized spacial score (nSPS) is 25.2. The molecule has 3 aromatic rings. The van der Waals surface area contributed by atoms with E-state index in [0.29, 0.717) is 0 Å². The van der Waals surface area contributed by atoms with Crippen LogP contribution < -0.4 is 9.68 Å². The first kappa shape index (κ1) is 25.6. The zero-order chi connectivity index (χ0) is 26.5. The van der Waals surface area contributed by atoms with Gasteiger partial charge in [0.2, 0.25) is 0 Å². The highest BCUT2D eigenvalue weighted by molar-refractivity contribution is 9.10. The highest BCUT2D eigenvalue weighted by Crippen LogP contribution is 2.70. The highest BCUT2D eigenvalue weighted by atomic mass is 79.9. The van der Waals surface area contributed by atoms with Crippen LogP contribution in [0, 0.1) is 0 Å². The van der Waals surface area contributed by atoms with E-state index in [0.717, 1.165) is 42.0 Å². The largest absolute Gasteiger partial charge is 0.346 e. The summed E-state index contributed by atoms with van der Waals surface area (Å²) in [5.41, 5.74) is 5.74. The van der Waals surface area contributed by atoms with Gasteiger partial charge in [-0.3, -0.25) is 0 Å². The molecule has 0 saturated carbocycles. The molecule has 38 heavy (non-hydrogen) atoms. The first-order valence-electron chi connectivity index (χ1n) is 13.1. The number of rotatable bonds is 3. The number of benzene rings is 3. The van der Waals surface area contributed by atoms with Gasteiger partial charge in [-0.05, 0) is 55.1 Å². The Kier molecular flexibility index (Phi) is 6.59. The minimum Gasteiger partial charge on any atom is -0.346 e. The Morgan fingerprint density at radius 1 is 0.842 bits per heavy atom. The molecule has 3 aliphatic heterocycles. The lowest BCUT2D eigenvalue weighted by atomic mass is 9.84. The maximum atomic E-state index is 5.74. The Bertz CT molecular complexity index is 1460. The van der Waals surface area contributed by atoms with Gasteiger partial charge in [-0.2, -0.15) is 5.10 Å². The van der Waals surface area contributed by atoms with Crippen molar-refractivity contribution in [1.29, 1.82) is 0 Å². The number of piperazine rings is 1. The Morgan fingerprint density at radius 2 is 1.50 bits per heavy atom. The van der Waals surface area contributed by atoms with Crippen molar-refractivity contribution >= 4 is 46.6 Å². The van der Waals surface area contributed by atoms with Gasteiger partial charge in [0.1, 0.15) is 0 Å². The molecule has 8 heteroatoms. The van der Waals surface area contributed by atoms with E-state index >= 15 is 0 Å². The second-order valence-electron chi connectivity index (χ2n) is 10.7. The first-order chi connectivity index (χ1) is 18.3.